The topological polar surface area (TPSA) is 78.8 Å². The van der Waals surface area contributed by atoms with E-state index in [0.29, 0.717) is 30.6 Å². The van der Waals surface area contributed by atoms with Gasteiger partial charge in [0.15, 0.2) is 5.79 Å². The second kappa shape index (κ2) is 14.7. The second-order valence-corrected chi connectivity index (χ2v) is 13.1. The van der Waals surface area contributed by atoms with E-state index in [-0.39, 0.29) is 48.3 Å². The Morgan fingerprint density at radius 1 is 0.894 bits per heavy atom. The summed E-state index contributed by atoms with van der Waals surface area (Å²) in [5.74, 6) is -1.77. The Kier molecular flexibility index (Phi) is 10.6. The van der Waals surface area contributed by atoms with Crippen molar-refractivity contribution in [3.05, 3.63) is 102 Å². The molecule has 8 heteroatoms. The van der Waals surface area contributed by atoms with E-state index in [9.17, 15) is 14.0 Å². The van der Waals surface area contributed by atoms with E-state index in [0.717, 1.165) is 28.1 Å². The highest BCUT2D eigenvalue weighted by Crippen LogP contribution is 2.43. The third-order valence-electron chi connectivity index (χ3n) is 8.15. The average molecular weight is 641 g/mol. The summed E-state index contributed by atoms with van der Waals surface area (Å²) in [6.07, 6.45) is 0.484. The molecule has 2 heterocycles. The Morgan fingerprint density at radius 2 is 1.51 bits per heavy atom. The van der Waals surface area contributed by atoms with Crippen molar-refractivity contribution in [1.82, 2.24) is 4.57 Å². The molecule has 2 atom stereocenters. The van der Waals surface area contributed by atoms with Gasteiger partial charge in [-0.05, 0) is 87.6 Å². The van der Waals surface area contributed by atoms with Crippen LogP contribution in [0.4, 0.5) is 10.1 Å². The van der Waals surface area contributed by atoms with Crippen LogP contribution >= 0.6 is 0 Å². The van der Waals surface area contributed by atoms with Crippen LogP contribution < -0.4 is 5.32 Å². The number of hydrogen-bond donors (Lipinski definition) is 1. The van der Waals surface area contributed by atoms with E-state index in [2.05, 4.69) is 23.7 Å². The summed E-state index contributed by atoms with van der Waals surface area (Å²) < 4.78 is 34.3. The van der Waals surface area contributed by atoms with Crippen LogP contribution in [0.15, 0.2) is 84.9 Å². The van der Waals surface area contributed by atoms with Gasteiger partial charge in [0.2, 0.25) is 0 Å². The van der Waals surface area contributed by atoms with Crippen molar-refractivity contribution in [3.8, 4) is 22.4 Å². The molecule has 248 valence electrons. The van der Waals surface area contributed by atoms with E-state index in [4.69, 9.17) is 14.2 Å². The Morgan fingerprint density at radius 3 is 2.13 bits per heavy atom. The van der Waals surface area contributed by atoms with Gasteiger partial charge in [0.05, 0.1) is 36.0 Å². The molecule has 1 aliphatic rings. The van der Waals surface area contributed by atoms with Crippen LogP contribution in [0.5, 0.6) is 0 Å². The summed E-state index contributed by atoms with van der Waals surface area (Å²) in [5.41, 5.74) is 5.46. The van der Waals surface area contributed by atoms with Crippen LogP contribution in [0, 0.1) is 5.82 Å². The molecule has 7 nitrogen and oxygen atoms in total. The minimum absolute atomic E-state index is 0.0335. The third-order valence-corrected chi connectivity index (χ3v) is 8.15. The van der Waals surface area contributed by atoms with E-state index < -0.39 is 5.79 Å². The number of carbonyl (C=O) groups is 2. The molecule has 4 aromatic rings. The molecular formula is C39H45FN2O5. The van der Waals surface area contributed by atoms with Crippen LogP contribution in [-0.4, -0.2) is 40.5 Å². The first-order chi connectivity index (χ1) is 22.4. The molecule has 1 amide bonds. The number of carbonyl (C=O) groups excluding carboxylic acids is 2. The number of hydrogen-bond acceptors (Lipinski definition) is 5. The zero-order chi connectivity index (χ0) is 33.7. The van der Waals surface area contributed by atoms with Crippen LogP contribution in [0.25, 0.3) is 22.4 Å². The Labute approximate surface area is 277 Å². The first kappa shape index (κ1) is 34.1. The highest BCUT2D eigenvalue weighted by atomic mass is 19.1. The predicted octanol–water partition coefficient (Wildman–Crippen LogP) is 8.98. The van der Waals surface area contributed by atoms with E-state index in [1.54, 1.807) is 12.1 Å². The lowest BCUT2D eigenvalue weighted by atomic mass is 9.94. The zero-order valence-corrected chi connectivity index (χ0v) is 28.1. The van der Waals surface area contributed by atoms with Gasteiger partial charge in [0.1, 0.15) is 5.82 Å². The van der Waals surface area contributed by atoms with Gasteiger partial charge >= 0.3 is 5.97 Å². The van der Waals surface area contributed by atoms with E-state index >= 15 is 0 Å². The lowest BCUT2D eigenvalue weighted by molar-refractivity contribution is -0.301. The summed E-state index contributed by atoms with van der Waals surface area (Å²) in [6, 6.07) is 25.7. The van der Waals surface area contributed by atoms with Crippen LogP contribution in [0.2, 0.25) is 0 Å². The van der Waals surface area contributed by atoms with Crippen molar-refractivity contribution in [1.29, 1.82) is 0 Å². The minimum atomic E-state index is -0.890. The fraction of sp³-hybridized carbons (Fsp3) is 0.385. The minimum Gasteiger partial charge on any atom is -0.463 e. The van der Waals surface area contributed by atoms with Gasteiger partial charge in [0, 0.05) is 29.9 Å². The number of nitrogens with zero attached hydrogens (tertiary/aromatic N) is 1. The normalized spacial score (nSPS) is 17.6. The molecule has 0 unspecified atom stereocenters. The molecule has 1 N–H and O–H groups in total. The van der Waals surface area contributed by atoms with Gasteiger partial charge in [-0.1, -0.05) is 62.4 Å². The Bertz CT molecular complexity index is 1660. The molecule has 47 heavy (non-hydrogen) atoms. The van der Waals surface area contributed by atoms with Crippen molar-refractivity contribution >= 4 is 17.6 Å². The number of esters is 1. The van der Waals surface area contributed by atoms with Gasteiger partial charge < -0.3 is 24.1 Å². The number of rotatable bonds is 11. The molecule has 1 fully saturated rings. The monoisotopic (exact) mass is 640 g/mol. The summed E-state index contributed by atoms with van der Waals surface area (Å²) in [4.78, 5) is 26.9. The second-order valence-electron chi connectivity index (χ2n) is 13.1. The molecular weight excluding hydrogens is 595 g/mol. The maximum Gasteiger partial charge on any atom is 0.308 e. The number of aromatic nitrogens is 1. The summed E-state index contributed by atoms with van der Waals surface area (Å²) in [6.45, 7) is 12.1. The van der Waals surface area contributed by atoms with Crippen LogP contribution in [-0.2, 0) is 25.5 Å². The molecule has 1 aromatic heterocycles. The van der Waals surface area contributed by atoms with Gasteiger partial charge in [-0.25, -0.2) is 4.39 Å². The first-order valence-electron chi connectivity index (χ1n) is 16.4. The number of halogens is 1. The maximum atomic E-state index is 14.3. The summed E-state index contributed by atoms with van der Waals surface area (Å²) in [5, 5.41) is 3.12. The van der Waals surface area contributed by atoms with Gasteiger partial charge in [-0.2, -0.15) is 0 Å². The molecule has 1 aliphatic heterocycles. The molecule has 3 aromatic carbocycles. The van der Waals surface area contributed by atoms with Crippen molar-refractivity contribution < 1.29 is 28.2 Å². The SMILES string of the molecule is CC(C)OC(=O)C[C@H]1C[C@@H](CCn2c(-c3ccc(F)cc3)c(-c3ccccc3)c(C(=O)Nc3ccccc3)c2C(C)C)OC(C)(C)O1. The number of anilines is 1. The predicted molar refractivity (Wildman–Crippen MR) is 183 cm³/mol. The number of amides is 1. The van der Waals surface area contributed by atoms with Crippen LogP contribution in [0.1, 0.15) is 82.8 Å². The smallest absolute Gasteiger partial charge is 0.308 e. The molecule has 5 rings (SSSR count). The molecule has 0 spiro atoms. The Hall–Kier alpha value is -4.27. The Balaban J connectivity index is 1.60. The lowest BCUT2D eigenvalue weighted by Crippen LogP contribution is -2.45. The highest BCUT2D eigenvalue weighted by molar-refractivity contribution is 6.12. The molecule has 0 saturated carbocycles. The number of nitrogens with one attached hydrogen (secondary N) is 1. The van der Waals surface area contributed by atoms with Gasteiger partial charge in [-0.15, -0.1) is 0 Å². The molecule has 0 radical (unpaired) electrons. The highest BCUT2D eigenvalue weighted by Gasteiger charge is 2.37. The third kappa shape index (κ3) is 8.37. The largest absolute Gasteiger partial charge is 0.463 e. The first-order valence-corrected chi connectivity index (χ1v) is 16.4. The fourth-order valence-electron chi connectivity index (χ4n) is 6.50. The van der Waals surface area contributed by atoms with Gasteiger partial charge in [0.25, 0.3) is 5.91 Å². The van der Waals surface area contributed by atoms with Crippen molar-refractivity contribution in [2.45, 2.75) is 97.4 Å². The molecule has 0 aliphatic carbocycles. The lowest BCUT2D eigenvalue weighted by Gasteiger charge is -2.41. The number of benzene rings is 3. The zero-order valence-electron chi connectivity index (χ0n) is 28.1. The summed E-state index contributed by atoms with van der Waals surface area (Å²) in [7, 11) is 0. The average Bonchev–Trinajstić information content (AvgIpc) is 3.36. The van der Waals surface area contributed by atoms with Gasteiger partial charge in [-0.3, -0.25) is 9.59 Å². The van der Waals surface area contributed by atoms with Crippen LogP contribution in [0.3, 0.4) is 0 Å². The fourth-order valence-corrected chi connectivity index (χ4v) is 6.50. The summed E-state index contributed by atoms with van der Waals surface area (Å²) >= 11 is 0. The number of para-hydroxylation sites is 1. The molecule has 1 saturated heterocycles. The van der Waals surface area contributed by atoms with E-state index in [1.807, 2.05) is 88.4 Å². The maximum absolute atomic E-state index is 14.3. The standard InChI is InChI=1S/C39H45FN2O5/c1-25(2)36-35(38(44)41-30-15-11-8-12-16-30)34(27-13-9-7-10-14-27)37(28-17-19-29(40)20-18-28)42(36)22-21-31-23-32(47-39(5,6)46-31)24-33(43)45-26(3)4/h7-20,25-26,31-32H,21-24H2,1-6H3,(H,41,44)/t31-,32-/m1/s1. The molecule has 0 bridgehead atoms. The van der Waals surface area contributed by atoms with Crippen molar-refractivity contribution in [3.63, 3.8) is 0 Å². The quantitative estimate of drug-likeness (QED) is 0.166. The van der Waals surface area contributed by atoms with Crippen molar-refractivity contribution in [2.75, 3.05) is 5.32 Å². The van der Waals surface area contributed by atoms with Crippen molar-refractivity contribution in [2.24, 2.45) is 0 Å². The van der Waals surface area contributed by atoms with E-state index in [1.165, 1.54) is 12.1 Å². The number of ether oxygens (including phenoxy) is 3.